The van der Waals surface area contributed by atoms with Gasteiger partial charge in [-0.15, -0.1) is 0 Å². The summed E-state index contributed by atoms with van der Waals surface area (Å²) in [5, 5.41) is 25.3. The van der Waals surface area contributed by atoms with E-state index in [4.69, 9.17) is 0 Å². The van der Waals surface area contributed by atoms with Gasteiger partial charge in [-0.25, -0.2) is 0 Å². The second kappa shape index (κ2) is 5.72. The van der Waals surface area contributed by atoms with Crippen LogP contribution in [0.25, 0.3) is 0 Å². The average molecular weight is 340 g/mol. The standard InChI is InChI=1S/C13H14BrN3O3/c1-8-13(14)9(2)16(15-8)7-12(18)10-4-3-5-11(6-10)17(19)20/h3-6,12,18H,7H2,1-2H3/t12-/m1/s1. The molecule has 0 aliphatic rings. The summed E-state index contributed by atoms with van der Waals surface area (Å²) < 4.78 is 2.59. The van der Waals surface area contributed by atoms with Crippen LogP contribution in [0.3, 0.4) is 0 Å². The number of nitrogens with zero attached hydrogens (tertiary/aromatic N) is 3. The van der Waals surface area contributed by atoms with Crippen molar-refractivity contribution in [2.75, 3.05) is 0 Å². The van der Waals surface area contributed by atoms with Crippen LogP contribution in [-0.2, 0) is 6.54 Å². The third-order valence-corrected chi connectivity index (χ3v) is 4.25. The zero-order valence-corrected chi connectivity index (χ0v) is 12.7. The zero-order chi connectivity index (χ0) is 14.9. The Labute approximate surface area is 124 Å². The van der Waals surface area contributed by atoms with Gasteiger partial charge in [-0.2, -0.15) is 5.10 Å². The Bertz CT molecular complexity index is 654. The van der Waals surface area contributed by atoms with Gasteiger partial charge in [-0.1, -0.05) is 12.1 Å². The fourth-order valence-electron chi connectivity index (χ4n) is 1.97. The number of hydrogen-bond acceptors (Lipinski definition) is 4. The Morgan fingerprint density at radius 2 is 2.20 bits per heavy atom. The largest absolute Gasteiger partial charge is 0.386 e. The van der Waals surface area contributed by atoms with Gasteiger partial charge >= 0.3 is 0 Å². The van der Waals surface area contributed by atoms with Gasteiger partial charge in [0, 0.05) is 17.8 Å². The summed E-state index contributed by atoms with van der Waals surface area (Å²) >= 11 is 3.42. The topological polar surface area (TPSA) is 81.2 Å². The van der Waals surface area contributed by atoms with Crippen molar-refractivity contribution in [3.8, 4) is 0 Å². The Morgan fingerprint density at radius 1 is 1.50 bits per heavy atom. The van der Waals surface area contributed by atoms with E-state index in [0.717, 1.165) is 15.9 Å². The van der Waals surface area contributed by atoms with Gasteiger partial charge in [0.1, 0.15) is 0 Å². The van der Waals surface area contributed by atoms with E-state index in [1.807, 2.05) is 13.8 Å². The van der Waals surface area contributed by atoms with Crippen LogP contribution in [0.15, 0.2) is 28.7 Å². The number of aryl methyl sites for hydroxylation is 1. The number of nitro benzene ring substituents is 1. The van der Waals surface area contributed by atoms with Crippen LogP contribution in [0, 0.1) is 24.0 Å². The van der Waals surface area contributed by atoms with Gasteiger partial charge in [-0.3, -0.25) is 14.8 Å². The number of aliphatic hydroxyl groups excluding tert-OH is 1. The van der Waals surface area contributed by atoms with Crippen molar-refractivity contribution in [1.82, 2.24) is 9.78 Å². The monoisotopic (exact) mass is 339 g/mol. The van der Waals surface area contributed by atoms with E-state index in [-0.39, 0.29) is 12.2 Å². The van der Waals surface area contributed by atoms with Gasteiger partial charge in [0.25, 0.3) is 5.69 Å². The second-order valence-corrected chi connectivity index (χ2v) is 5.33. The van der Waals surface area contributed by atoms with Crippen molar-refractivity contribution in [2.24, 2.45) is 0 Å². The lowest BCUT2D eigenvalue weighted by Gasteiger charge is -2.12. The molecule has 0 radical (unpaired) electrons. The Kier molecular flexibility index (Phi) is 4.20. The Hall–Kier alpha value is -1.73. The highest BCUT2D eigenvalue weighted by atomic mass is 79.9. The van der Waals surface area contributed by atoms with Crippen molar-refractivity contribution in [3.05, 3.63) is 55.8 Å². The second-order valence-electron chi connectivity index (χ2n) is 4.53. The highest BCUT2D eigenvalue weighted by molar-refractivity contribution is 9.10. The summed E-state index contributed by atoms with van der Waals surface area (Å²) in [5.74, 6) is 0. The van der Waals surface area contributed by atoms with E-state index in [1.54, 1.807) is 16.8 Å². The zero-order valence-electron chi connectivity index (χ0n) is 11.1. The van der Waals surface area contributed by atoms with Crippen LogP contribution in [0.1, 0.15) is 23.1 Å². The molecule has 1 atom stereocenters. The maximum atomic E-state index is 10.7. The number of rotatable bonds is 4. The molecule has 0 amide bonds. The lowest BCUT2D eigenvalue weighted by molar-refractivity contribution is -0.385. The predicted octanol–water partition coefficient (Wildman–Crippen LogP) is 2.90. The van der Waals surface area contributed by atoms with Crippen LogP contribution in [-0.4, -0.2) is 19.8 Å². The normalized spacial score (nSPS) is 12.4. The maximum absolute atomic E-state index is 10.7. The van der Waals surface area contributed by atoms with E-state index in [9.17, 15) is 15.2 Å². The minimum absolute atomic E-state index is 0.0314. The summed E-state index contributed by atoms with van der Waals surface area (Å²) in [6.07, 6.45) is -0.847. The molecule has 2 rings (SSSR count). The minimum Gasteiger partial charge on any atom is -0.386 e. The molecule has 0 fully saturated rings. The van der Waals surface area contributed by atoms with Crippen LogP contribution < -0.4 is 0 Å². The number of hydrogen-bond donors (Lipinski definition) is 1. The van der Waals surface area contributed by atoms with Gasteiger partial charge in [-0.05, 0) is 35.3 Å². The summed E-state index contributed by atoms with van der Waals surface area (Å²) in [7, 11) is 0. The third-order valence-electron chi connectivity index (χ3n) is 3.10. The van der Waals surface area contributed by atoms with Crippen LogP contribution in [0.2, 0.25) is 0 Å². The van der Waals surface area contributed by atoms with Gasteiger partial charge in [0.05, 0.1) is 27.7 Å². The molecular formula is C13H14BrN3O3. The lowest BCUT2D eigenvalue weighted by atomic mass is 10.1. The highest BCUT2D eigenvalue weighted by Crippen LogP contribution is 2.24. The van der Waals surface area contributed by atoms with Crippen LogP contribution in [0.4, 0.5) is 5.69 Å². The van der Waals surface area contributed by atoms with E-state index >= 15 is 0 Å². The van der Waals surface area contributed by atoms with Crippen molar-refractivity contribution in [2.45, 2.75) is 26.5 Å². The van der Waals surface area contributed by atoms with E-state index < -0.39 is 11.0 Å². The van der Waals surface area contributed by atoms with Gasteiger partial charge in [0.15, 0.2) is 0 Å². The molecule has 20 heavy (non-hydrogen) atoms. The molecule has 1 aromatic carbocycles. The summed E-state index contributed by atoms with van der Waals surface area (Å²) in [6, 6.07) is 6.01. The van der Waals surface area contributed by atoms with Crippen LogP contribution in [0.5, 0.6) is 0 Å². The number of benzene rings is 1. The van der Waals surface area contributed by atoms with Crippen molar-refractivity contribution in [1.29, 1.82) is 0 Å². The summed E-state index contributed by atoms with van der Waals surface area (Å²) in [5.41, 5.74) is 2.22. The molecule has 6 nitrogen and oxygen atoms in total. The fraction of sp³-hybridized carbons (Fsp3) is 0.308. The van der Waals surface area contributed by atoms with Crippen LogP contribution >= 0.6 is 15.9 Å². The van der Waals surface area contributed by atoms with Crippen molar-refractivity contribution < 1.29 is 10.0 Å². The van der Waals surface area contributed by atoms with Gasteiger partial charge < -0.3 is 5.11 Å². The molecule has 0 unspecified atom stereocenters. The number of aliphatic hydroxyl groups is 1. The molecule has 0 saturated carbocycles. The first kappa shape index (κ1) is 14.7. The minimum atomic E-state index is -0.847. The first-order valence-corrected chi connectivity index (χ1v) is 6.81. The Balaban J connectivity index is 2.23. The first-order valence-electron chi connectivity index (χ1n) is 6.02. The summed E-state index contributed by atoms with van der Waals surface area (Å²) in [6.45, 7) is 4.01. The third kappa shape index (κ3) is 2.88. The average Bonchev–Trinajstić information content (AvgIpc) is 2.66. The van der Waals surface area contributed by atoms with E-state index in [2.05, 4.69) is 21.0 Å². The Morgan fingerprint density at radius 3 is 2.75 bits per heavy atom. The molecule has 1 aromatic heterocycles. The quantitative estimate of drug-likeness (QED) is 0.685. The molecule has 1 N–H and O–H groups in total. The molecule has 0 saturated heterocycles. The fourth-order valence-corrected chi connectivity index (χ4v) is 2.25. The number of nitro groups is 1. The molecule has 0 spiro atoms. The van der Waals surface area contributed by atoms with E-state index in [0.29, 0.717) is 5.56 Å². The molecule has 1 heterocycles. The number of aromatic nitrogens is 2. The van der Waals surface area contributed by atoms with Gasteiger partial charge in [0.2, 0.25) is 0 Å². The van der Waals surface area contributed by atoms with Crippen molar-refractivity contribution >= 4 is 21.6 Å². The van der Waals surface area contributed by atoms with Crippen molar-refractivity contribution in [3.63, 3.8) is 0 Å². The molecule has 106 valence electrons. The molecule has 2 aromatic rings. The lowest BCUT2D eigenvalue weighted by Crippen LogP contribution is -2.11. The molecule has 0 bridgehead atoms. The summed E-state index contributed by atoms with van der Waals surface area (Å²) in [4.78, 5) is 10.3. The molecule has 0 aliphatic heterocycles. The smallest absolute Gasteiger partial charge is 0.269 e. The number of non-ortho nitro benzene ring substituents is 1. The first-order chi connectivity index (χ1) is 9.40. The maximum Gasteiger partial charge on any atom is 0.269 e. The highest BCUT2D eigenvalue weighted by Gasteiger charge is 2.16. The predicted molar refractivity (Wildman–Crippen MR) is 77.5 cm³/mol. The molecule has 7 heteroatoms. The molecular weight excluding hydrogens is 326 g/mol. The van der Waals surface area contributed by atoms with E-state index in [1.165, 1.54) is 12.1 Å². The number of halogens is 1. The SMILES string of the molecule is Cc1nn(C[C@@H](O)c2cccc([N+](=O)[O-])c2)c(C)c1Br. The molecule has 0 aliphatic carbocycles.